The number of allylic oxidation sites excluding steroid dienone is 1. The molecule has 2 aromatic carbocycles. The molecule has 1 heterocycles. The van der Waals surface area contributed by atoms with Gasteiger partial charge in [-0.1, -0.05) is 81.4 Å². The van der Waals surface area contributed by atoms with Gasteiger partial charge in [0.25, 0.3) is 0 Å². The Balaban J connectivity index is 1.87. The fraction of sp³-hybridized carbons (Fsp3) is 0.467. The van der Waals surface area contributed by atoms with Crippen LogP contribution in [0, 0.1) is 5.92 Å². The Morgan fingerprint density at radius 3 is 1.84 bits per heavy atom. The van der Waals surface area contributed by atoms with E-state index >= 15 is 0 Å². The number of carbonyl (C=O) groups is 2. The molecule has 1 fully saturated rings. The number of methoxy groups -OCH3 is 1. The second-order valence-corrected chi connectivity index (χ2v) is 16.2. The average Bonchev–Trinajstić information content (AvgIpc) is 2.83. The van der Waals surface area contributed by atoms with E-state index in [1.807, 2.05) is 67.6 Å². The van der Waals surface area contributed by atoms with Gasteiger partial charge in [-0.05, 0) is 55.6 Å². The zero-order chi connectivity index (χ0) is 27.5. The Labute approximate surface area is 222 Å². The molecule has 0 aliphatic carbocycles. The number of rotatable bonds is 9. The largest absolute Gasteiger partial charge is 0.448 e. The number of benzene rings is 2. The van der Waals surface area contributed by atoms with Gasteiger partial charge in [0.05, 0.1) is 6.10 Å². The van der Waals surface area contributed by atoms with Crippen LogP contribution < -0.4 is 0 Å². The van der Waals surface area contributed by atoms with E-state index in [0.29, 0.717) is 5.57 Å². The van der Waals surface area contributed by atoms with Gasteiger partial charge in [-0.2, -0.15) is 0 Å². The van der Waals surface area contributed by atoms with Crippen molar-refractivity contribution in [3.63, 3.8) is 0 Å². The topological polar surface area (TPSA) is 65.1 Å². The highest BCUT2D eigenvalue weighted by Gasteiger charge is 2.55. The zero-order valence-corrected chi connectivity index (χ0v) is 24.6. The fourth-order valence-electron chi connectivity index (χ4n) is 4.41. The molecule has 1 saturated heterocycles. The highest BCUT2D eigenvalue weighted by Crippen LogP contribution is 2.42. The smallest absolute Gasteiger partial charge is 0.356 e. The average molecular weight is 524 g/mol. The Morgan fingerprint density at radius 2 is 1.43 bits per heavy atom. The molecule has 0 saturated carbocycles. The van der Waals surface area contributed by atoms with Crippen LogP contribution in [0.5, 0.6) is 0 Å². The number of esters is 1. The van der Waals surface area contributed by atoms with E-state index in [4.69, 9.17) is 13.9 Å². The highest BCUT2D eigenvalue weighted by molar-refractivity contribution is 6.74. The number of hydrogen-bond acceptors (Lipinski definition) is 5. The zero-order valence-electron chi connectivity index (χ0n) is 23.6. The number of hydrogen-bond donors (Lipinski definition) is 0. The maximum atomic E-state index is 13.7. The van der Waals surface area contributed by atoms with Gasteiger partial charge in [0.15, 0.2) is 20.6 Å². The second kappa shape index (κ2) is 11.3. The summed E-state index contributed by atoms with van der Waals surface area (Å²) in [5, 5.41) is 0.00900. The van der Waals surface area contributed by atoms with Crippen molar-refractivity contribution in [2.45, 2.75) is 78.1 Å². The lowest BCUT2D eigenvalue weighted by atomic mass is 9.89. The number of β-lactam (4-membered cyclic amide) rings is 1. The Kier molecular flexibility index (Phi) is 8.83. The number of likely N-dealkylation sites (tertiary alicyclic amines) is 1. The van der Waals surface area contributed by atoms with E-state index in [-0.39, 0.29) is 22.7 Å². The Bertz CT molecular complexity index is 1080. The van der Waals surface area contributed by atoms with Gasteiger partial charge in [-0.3, -0.25) is 9.69 Å². The highest BCUT2D eigenvalue weighted by atomic mass is 28.4. The molecule has 200 valence electrons. The first-order chi connectivity index (χ1) is 17.3. The molecule has 2 unspecified atom stereocenters. The Hall–Kier alpha value is -2.74. The second-order valence-electron chi connectivity index (χ2n) is 11.4. The van der Waals surface area contributed by atoms with Crippen LogP contribution in [-0.4, -0.2) is 44.5 Å². The summed E-state index contributed by atoms with van der Waals surface area (Å²) in [7, 11) is -0.548. The van der Waals surface area contributed by atoms with Crippen LogP contribution in [-0.2, 0) is 23.5 Å². The molecule has 7 heteroatoms. The lowest BCUT2D eigenvalue weighted by molar-refractivity contribution is -0.194. The lowest BCUT2D eigenvalue weighted by Gasteiger charge is -2.50. The van der Waals surface area contributed by atoms with E-state index in [1.165, 1.54) is 4.90 Å². The van der Waals surface area contributed by atoms with Crippen LogP contribution >= 0.6 is 0 Å². The predicted octanol–water partition coefficient (Wildman–Crippen LogP) is 6.45. The van der Waals surface area contributed by atoms with E-state index in [1.54, 1.807) is 21.0 Å². The molecule has 0 aromatic heterocycles. The molecular formula is C30H41NO5Si. The number of amides is 1. The van der Waals surface area contributed by atoms with Crippen molar-refractivity contribution >= 4 is 20.2 Å². The van der Waals surface area contributed by atoms with Crippen LogP contribution in [0.3, 0.4) is 0 Å². The summed E-state index contributed by atoms with van der Waals surface area (Å²) in [6, 6.07) is 19.2. The van der Waals surface area contributed by atoms with Crippen molar-refractivity contribution in [2.24, 2.45) is 5.92 Å². The first-order valence-electron chi connectivity index (χ1n) is 12.8. The Morgan fingerprint density at radius 1 is 0.946 bits per heavy atom. The fourth-order valence-corrected chi connectivity index (χ4v) is 5.84. The molecule has 3 rings (SSSR count). The molecular weight excluding hydrogens is 482 g/mol. The van der Waals surface area contributed by atoms with Crippen LogP contribution in [0.4, 0.5) is 0 Å². The van der Waals surface area contributed by atoms with Crippen molar-refractivity contribution in [3.8, 4) is 0 Å². The molecule has 37 heavy (non-hydrogen) atoms. The normalized spacial score (nSPS) is 18.9. The van der Waals surface area contributed by atoms with Crippen molar-refractivity contribution in [2.75, 3.05) is 7.11 Å². The van der Waals surface area contributed by atoms with Crippen LogP contribution in [0.2, 0.25) is 18.1 Å². The minimum atomic E-state index is -2.10. The van der Waals surface area contributed by atoms with E-state index in [9.17, 15) is 9.59 Å². The van der Waals surface area contributed by atoms with Crippen LogP contribution in [0.1, 0.15) is 58.8 Å². The molecule has 1 aliphatic heterocycles. The number of carbonyl (C=O) groups excluding carboxylic acids is 2. The first kappa shape index (κ1) is 28.8. The minimum absolute atomic E-state index is 0.00900. The van der Waals surface area contributed by atoms with Crippen LogP contribution in [0.25, 0.3) is 0 Å². The van der Waals surface area contributed by atoms with Crippen molar-refractivity contribution in [3.05, 3.63) is 83.1 Å². The third-order valence-electron chi connectivity index (χ3n) is 7.46. The molecule has 3 atom stereocenters. The molecule has 6 nitrogen and oxygen atoms in total. The molecule has 0 bridgehead atoms. The minimum Gasteiger partial charge on any atom is -0.448 e. The summed E-state index contributed by atoms with van der Waals surface area (Å²) in [6.07, 6.45) is -1.57. The SMILES string of the molecule is COC1C([C@@H](C)O[Si](C)(C)C(C)(C)C)C(=O)N1C(C(=O)OC(c1ccccc1)c1ccccc1)=C(C)C. The van der Waals surface area contributed by atoms with E-state index in [0.717, 1.165) is 11.1 Å². The lowest BCUT2D eigenvalue weighted by Crippen LogP contribution is -2.66. The summed E-state index contributed by atoms with van der Waals surface area (Å²) >= 11 is 0. The van der Waals surface area contributed by atoms with E-state index in [2.05, 4.69) is 33.9 Å². The molecule has 1 aliphatic rings. The van der Waals surface area contributed by atoms with Gasteiger partial charge in [0.2, 0.25) is 5.91 Å². The third-order valence-corrected chi connectivity index (χ3v) is 12.0. The van der Waals surface area contributed by atoms with Gasteiger partial charge < -0.3 is 13.9 Å². The van der Waals surface area contributed by atoms with Gasteiger partial charge in [-0.15, -0.1) is 0 Å². The maximum Gasteiger partial charge on any atom is 0.356 e. The standard InChI is InChI=1S/C30H41NO5Si/c1-20(2)25(29(33)35-26(22-16-12-10-13-17-22)23-18-14-11-15-19-23)31-27(32)24(28(31)34-7)21(3)36-37(8,9)30(4,5)6/h10-19,21,24,26,28H,1-9H3/t21-,24?,28?/m1/s1. The van der Waals surface area contributed by atoms with Crippen LogP contribution in [0.15, 0.2) is 71.9 Å². The number of nitrogens with zero attached hydrogens (tertiary/aromatic N) is 1. The van der Waals surface area contributed by atoms with Gasteiger partial charge >= 0.3 is 5.97 Å². The van der Waals surface area contributed by atoms with E-state index < -0.39 is 32.5 Å². The first-order valence-corrected chi connectivity index (χ1v) is 15.7. The quantitative estimate of drug-likeness (QED) is 0.163. The predicted molar refractivity (Wildman–Crippen MR) is 148 cm³/mol. The number of ether oxygens (including phenoxy) is 2. The van der Waals surface area contributed by atoms with Crippen molar-refractivity contribution in [1.82, 2.24) is 4.90 Å². The summed E-state index contributed by atoms with van der Waals surface area (Å²) in [6.45, 7) is 16.4. The summed E-state index contributed by atoms with van der Waals surface area (Å²) < 4.78 is 18.4. The monoisotopic (exact) mass is 523 g/mol. The summed E-state index contributed by atoms with van der Waals surface area (Å²) in [4.78, 5) is 28.6. The molecule has 0 N–H and O–H groups in total. The van der Waals surface area contributed by atoms with Gasteiger partial charge in [0.1, 0.15) is 11.6 Å². The summed E-state index contributed by atoms with van der Waals surface area (Å²) in [5.74, 6) is -1.26. The molecule has 2 aromatic rings. The van der Waals surface area contributed by atoms with Crippen molar-refractivity contribution < 1.29 is 23.5 Å². The third kappa shape index (κ3) is 6.05. The molecule has 0 spiro atoms. The molecule has 1 amide bonds. The molecule has 0 radical (unpaired) electrons. The van der Waals surface area contributed by atoms with Gasteiger partial charge in [-0.25, -0.2) is 4.79 Å². The summed E-state index contributed by atoms with van der Waals surface area (Å²) in [5.41, 5.74) is 2.59. The van der Waals surface area contributed by atoms with Crippen molar-refractivity contribution in [1.29, 1.82) is 0 Å². The maximum absolute atomic E-state index is 13.7. The van der Waals surface area contributed by atoms with Gasteiger partial charge in [0, 0.05) is 7.11 Å².